The molecule has 0 amide bonds. The maximum absolute atomic E-state index is 13.3. The molecule has 0 spiro atoms. The fraction of sp³-hybridized carbons (Fsp3) is 0.857. The molecule has 7 nitrogen and oxygen atoms in total. The van der Waals surface area contributed by atoms with Crippen LogP contribution in [0.4, 0.5) is 0 Å². The SMILES string of the molecule is C=C1C[C@@H]2O[C@@H]3[C@H]4[C@@H](CC[C@@](C)(O)[C@H]42)[C@@H](C)C(=O)O[C@@]3(C)[C@H](OC(=O)CCCCCCC)C[C@H]1O. The van der Waals surface area contributed by atoms with Gasteiger partial charge in [0.2, 0.25) is 0 Å². The third-order valence-corrected chi connectivity index (χ3v) is 9.35. The molecule has 198 valence electrons. The van der Waals surface area contributed by atoms with Crippen molar-refractivity contribution in [2.45, 2.75) is 128 Å². The van der Waals surface area contributed by atoms with E-state index in [1.807, 2.05) is 13.8 Å². The molecule has 0 aromatic heterocycles. The van der Waals surface area contributed by atoms with Crippen LogP contribution in [0.25, 0.3) is 0 Å². The van der Waals surface area contributed by atoms with Crippen LogP contribution < -0.4 is 0 Å². The fourth-order valence-corrected chi connectivity index (χ4v) is 7.24. The van der Waals surface area contributed by atoms with Gasteiger partial charge in [-0.15, -0.1) is 0 Å². The second-order valence-electron chi connectivity index (χ2n) is 11.9. The molecular weight excluding hydrogens is 448 g/mol. The number of esters is 2. The van der Waals surface area contributed by atoms with Crippen molar-refractivity contribution in [2.24, 2.45) is 23.7 Å². The molecule has 1 saturated carbocycles. The third kappa shape index (κ3) is 4.93. The van der Waals surface area contributed by atoms with Gasteiger partial charge >= 0.3 is 11.9 Å². The second-order valence-corrected chi connectivity index (χ2v) is 11.9. The highest BCUT2D eigenvalue weighted by Gasteiger charge is 2.67. The Hall–Kier alpha value is -1.44. The molecule has 7 heteroatoms. The summed E-state index contributed by atoms with van der Waals surface area (Å²) in [6.45, 7) is 11.8. The van der Waals surface area contributed by atoms with Crippen molar-refractivity contribution < 1.29 is 34.0 Å². The number of hydrogen-bond acceptors (Lipinski definition) is 7. The van der Waals surface area contributed by atoms with E-state index < -0.39 is 29.5 Å². The summed E-state index contributed by atoms with van der Waals surface area (Å²) in [6, 6.07) is 0. The molecule has 2 bridgehead atoms. The maximum Gasteiger partial charge on any atom is 0.309 e. The number of aliphatic hydroxyl groups excluding tert-OH is 1. The van der Waals surface area contributed by atoms with Gasteiger partial charge in [0.15, 0.2) is 5.60 Å². The third-order valence-electron chi connectivity index (χ3n) is 9.35. The number of aliphatic hydroxyl groups is 2. The van der Waals surface area contributed by atoms with E-state index in [9.17, 15) is 19.8 Å². The Morgan fingerprint density at radius 2 is 1.94 bits per heavy atom. The molecule has 10 atom stereocenters. The van der Waals surface area contributed by atoms with E-state index in [0.29, 0.717) is 24.8 Å². The minimum Gasteiger partial charge on any atom is -0.458 e. The van der Waals surface area contributed by atoms with Gasteiger partial charge in [0.1, 0.15) is 12.2 Å². The summed E-state index contributed by atoms with van der Waals surface area (Å²) < 4.78 is 18.8. The number of fused-ring (bicyclic) bond motifs is 2. The van der Waals surface area contributed by atoms with Crippen LogP contribution in [0.1, 0.15) is 91.9 Å². The van der Waals surface area contributed by atoms with Crippen LogP contribution in [0.15, 0.2) is 12.2 Å². The van der Waals surface area contributed by atoms with E-state index in [4.69, 9.17) is 14.2 Å². The molecule has 1 aliphatic carbocycles. The lowest BCUT2D eigenvalue weighted by Crippen LogP contribution is -2.58. The van der Waals surface area contributed by atoms with Gasteiger partial charge in [-0.25, -0.2) is 0 Å². The predicted octanol–water partition coefficient (Wildman–Crippen LogP) is 4.08. The summed E-state index contributed by atoms with van der Waals surface area (Å²) in [5.41, 5.74) is -1.64. The zero-order chi connectivity index (χ0) is 25.5. The first-order chi connectivity index (χ1) is 16.5. The van der Waals surface area contributed by atoms with E-state index in [0.717, 1.165) is 32.1 Å². The number of unbranched alkanes of at least 4 members (excludes halogenated alkanes) is 4. The lowest BCUT2D eigenvalue weighted by molar-refractivity contribution is -0.209. The Labute approximate surface area is 209 Å². The normalized spacial score (nSPS) is 45.1. The summed E-state index contributed by atoms with van der Waals surface area (Å²) in [5, 5.41) is 22.4. The van der Waals surface area contributed by atoms with Gasteiger partial charge in [-0.3, -0.25) is 9.59 Å². The fourth-order valence-electron chi connectivity index (χ4n) is 7.24. The number of rotatable bonds is 7. The molecule has 35 heavy (non-hydrogen) atoms. The van der Waals surface area contributed by atoms with Gasteiger partial charge in [0.25, 0.3) is 0 Å². The van der Waals surface area contributed by atoms with E-state index in [1.165, 1.54) is 0 Å². The van der Waals surface area contributed by atoms with Crippen molar-refractivity contribution in [1.82, 2.24) is 0 Å². The van der Waals surface area contributed by atoms with Gasteiger partial charge in [0.05, 0.1) is 23.7 Å². The Morgan fingerprint density at radius 3 is 2.66 bits per heavy atom. The lowest BCUT2D eigenvalue weighted by Gasteiger charge is -2.47. The topological polar surface area (TPSA) is 102 Å². The van der Waals surface area contributed by atoms with Gasteiger partial charge in [-0.1, -0.05) is 46.1 Å². The van der Waals surface area contributed by atoms with Crippen molar-refractivity contribution in [3.63, 3.8) is 0 Å². The summed E-state index contributed by atoms with van der Waals surface area (Å²) in [7, 11) is 0. The summed E-state index contributed by atoms with van der Waals surface area (Å²) in [4.78, 5) is 26.2. The standard InChI is InChI=1S/C28H44O7/c1-6-7-8-9-10-11-22(30)34-21-15-19(29)16(2)14-20-24-23-18(12-13-27(24,4)32)17(3)26(31)35-28(21,5)25(23)33-20/h17-21,23-25,29,32H,2,6-15H2,1,3-5H3/t17-,18+,19-,20+,21-,23+,24+,25-,27-,28+/m1/s1. The second kappa shape index (κ2) is 10.1. The highest BCUT2D eigenvalue weighted by molar-refractivity contribution is 5.74. The molecule has 0 radical (unpaired) electrons. The van der Waals surface area contributed by atoms with Gasteiger partial charge < -0.3 is 24.4 Å². The largest absolute Gasteiger partial charge is 0.458 e. The summed E-state index contributed by atoms with van der Waals surface area (Å²) in [5.74, 6) is -1.36. The zero-order valence-corrected chi connectivity index (χ0v) is 21.8. The Balaban J connectivity index is 1.67. The number of carbonyl (C=O) groups is 2. The minimum absolute atomic E-state index is 0.0112. The first-order valence-electron chi connectivity index (χ1n) is 13.7. The molecule has 3 heterocycles. The van der Waals surface area contributed by atoms with Crippen molar-refractivity contribution in [1.29, 1.82) is 0 Å². The van der Waals surface area contributed by atoms with Gasteiger partial charge in [-0.05, 0) is 51.0 Å². The zero-order valence-electron chi connectivity index (χ0n) is 21.8. The molecule has 2 N–H and O–H groups in total. The molecule has 4 fully saturated rings. The van der Waals surface area contributed by atoms with Gasteiger partial charge in [-0.2, -0.15) is 0 Å². The number of ether oxygens (including phenoxy) is 3. The molecule has 4 rings (SSSR count). The van der Waals surface area contributed by atoms with Crippen molar-refractivity contribution in [3.8, 4) is 0 Å². The van der Waals surface area contributed by atoms with E-state index in [-0.39, 0.29) is 54.6 Å². The predicted molar refractivity (Wildman–Crippen MR) is 130 cm³/mol. The van der Waals surface area contributed by atoms with E-state index >= 15 is 0 Å². The molecule has 3 saturated heterocycles. The molecular formula is C28H44O7. The highest BCUT2D eigenvalue weighted by Crippen LogP contribution is 2.59. The first-order valence-corrected chi connectivity index (χ1v) is 13.7. The summed E-state index contributed by atoms with van der Waals surface area (Å²) >= 11 is 0. The van der Waals surface area contributed by atoms with Crippen LogP contribution in [0.5, 0.6) is 0 Å². The smallest absolute Gasteiger partial charge is 0.309 e. The van der Waals surface area contributed by atoms with Gasteiger partial charge in [0, 0.05) is 24.7 Å². The van der Waals surface area contributed by atoms with E-state index in [2.05, 4.69) is 13.5 Å². The number of hydrogen-bond donors (Lipinski definition) is 2. The molecule has 3 aliphatic heterocycles. The highest BCUT2D eigenvalue weighted by atomic mass is 16.6. The van der Waals surface area contributed by atoms with Crippen LogP contribution >= 0.6 is 0 Å². The summed E-state index contributed by atoms with van der Waals surface area (Å²) in [6.07, 6.45) is 4.46. The van der Waals surface area contributed by atoms with Crippen molar-refractivity contribution in [2.75, 3.05) is 0 Å². The average Bonchev–Trinajstić information content (AvgIpc) is 3.16. The van der Waals surface area contributed by atoms with Crippen LogP contribution in [0, 0.1) is 23.7 Å². The Kier molecular flexibility index (Phi) is 7.71. The van der Waals surface area contributed by atoms with Crippen molar-refractivity contribution in [3.05, 3.63) is 12.2 Å². The van der Waals surface area contributed by atoms with Crippen molar-refractivity contribution >= 4 is 11.9 Å². The Morgan fingerprint density at radius 1 is 1.23 bits per heavy atom. The Bertz CT molecular complexity index is 822. The van der Waals surface area contributed by atoms with Crippen LogP contribution in [0.3, 0.4) is 0 Å². The molecule has 0 aromatic rings. The lowest BCUT2D eigenvalue weighted by atomic mass is 9.58. The quantitative estimate of drug-likeness (QED) is 0.314. The minimum atomic E-state index is -1.27. The number of carbonyl (C=O) groups excluding carboxylic acids is 2. The average molecular weight is 493 g/mol. The first kappa shape index (κ1) is 26.6. The van der Waals surface area contributed by atoms with Crippen LogP contribution in [-0.4, -0.2) is 57.8 Å². The van der Waals surface area contributed by atoms with Crippen LogP contribution in [-0.2, 0) is 23.8 Å². The molecule has 0 unspecified atom stereocenters. The maximum atomic E-state index is 13.3. The van der Waals surface area contributed by atoms with E-state index in [1.54, 1.807) is 6.92 Å². The van der Waals surface area contributed by atoms with Crippen LogP contribution in [0.2, 0.25) is 0 Å². The molecule has 0 aromatic carbocycles. The monoisotopic (exact) mass is 492 g/mol. The molecule has 4 aliphatic rings.